The summed E-state index contributed by atoms with van der Waals surface area (Å²) in [6, 6.07) is 4.40. The molecule has 1 aliphatic rings. The lowest BCUT2D eigenvalue weighted by molar-refractivity contribution is 0.200. The van der Waals surface area contributed by atoms with Crippen molar-refractivity contribution in [3.05, 3.63) is 40.5 Å². The molecule has 0 saturated carbocycles. The van der Waals surface area contributed by atoms with Crippen LogP contribution in [0, 0.1) is 0 Å². The van der Waals surface area contributed by atoms with E-state index in [0.29, 0.717) is 5.92 Å². The van der Waals surface area contributed by atoms with E-state index in [9.17, 15) is 0 Å². The molecule has 1 fully saturated rings. The highest BCUT2D eigenvalue weighted by molar-refractivity contribution is 7.09. The van der Waals surface area contributed by atoms with Crippen LogP contribution in [0.4, 0.5) is 5.82 Å². The van der Waals surface area contributed by atoms with Gasteiger partial charge in [0.25, 0.3) is 0 Å². The van der Waals surface area contributed by atoms with Gasteiger partial charge in [0.05, 0.1) is 6.54 Å². The van der Waals surface area contributed by atoms with E-state index in [0.717, 1.165) is 18.9 Å². The van der Waals surface area contributed by atoms with E-state index in [1.807, 2.05) is 26.5 Å². The molecule has 0 aromatic carbocycles. The predicted molar refractivity (Wildman–Crippen MR) is 87.9 cm³/mol. The molecule has 2 aromatic rings. The topological polar surface area (TPSA) is 32.3 Å². The highest BCUT2D eigenvalue weighted by Gasteiger charge is 2.22. The summed E-state index contributed by atoms with van der Waals surface area (Å²) in [6.07, 6.45) is 6.36. The van der Waals surface area contributed by atoms with Crippen molar-refractivity contribution < 1.29 is 0 Å². The van der Waals surface area contributed by atoms with E-state index in [-0.39, 0.29) is 0 Å². The average Bonchev–Trinajstić information content (AvgIpc) is 3.00. The first-order valence-corrected chi connectivity index (χ1v) is 8.34. The third-order valence-corrected chi connectivity index (χ3v) is 4.81. The van der Waals surface area contributed by atoms with Crippen molar-refractivity contribution in [1.82, 2.24) is 14.9 Å². The Morgan fingerprint density at radius 2 is 2.24 bits per heavy atom. The number of anilines is 1. The van der Waals surface area contributed by atoms with Crippen LogP contribution < -0.4 is 4.90 Å². The number of pyridine rings is 1. The van der Waals surface area contributed by atoms with Crippen LogP contribution in [0.2, 0.25) is 0 Å². The molecule has 0 aliphatic carbocycles. The zero-order chi connectivity index (χ0) is 14.7. The Labute approximate surface area is 130 Å². The van der Waals surface area contributed by atoms with Gasteiger partial charge in [-0.3, -0.25) is 4.90 Å². The van der Waals surface area contributed by atoms with Crippen LogP contribution in [0.3, 0.4) is 0 Å². The number of rotatable bonds is 4. The SMILES string of the molecule is CN(C)c1cc(C2CCCN(Cc3nccs3)C2)ccn1. The highest BCUT2D eigenvalue weighted by Crippen LogP contribution is 2.29. The number of hydrogen-bond acceptors (Lipinski definition) is 5. The van der Waals surface area contributed by atoms with Crippen LogP contribution >= 0.6 is 11.3 Å². The normalized spacial score (nSPS) is 19.6. The van der Waals surface area contributed by atoms with Crippen LogP contribution in [0.15, 0.2) is 29.9 Å². The van der Waals surface area contributed by atoms with Crippen molar-refractivity contribution in [3.8, 4) is 0 Å². The molecule has 1 saturated heterocycles. The fourth-order valence-corrected chi connectivity index (χ4v) is 3.58. The molecular weight excluding hydrogens is 280 g/mol. The number of nitrogens with zero attached hydrogens (tertiary/aromatic N) is 4. The van der Waals surface area contributed by atoms with E-state index < -0.39 is 0 Å². The number of piperidine rings is 1. The fourth-order valence-electron chi connectivity index (χ4n) is 2.93. The molecule has 0 radical (unpaired) electrons. The molecule has 0 spiro atoms. The van der Waals surface area contributed by atoms with Crippen LogP contribution in [0.1, 0.15) is 29.3 Å². The van der Waals surface area contributed by atoms with E-state index in [2.05, 4.69) is 37.3 Å². The Hall–Kier alpha value is -1.46. The Morgan fingerprint density at radius 1 is 1.33 bits per heavy atom. The Bertz CT molecular complexity index is 567. The van der Waals surface area contributed by atoms with Crippen molar-refractivity contribution in [2.24, 2.45) is 0 Å². The lowest BCUT2D eigenvalue weighted by Crippen LogP contribution is -2.33. The first kappa shape index (κ1) is 14.5. The largest absolute Gasteiger partial charge is 0.363 e. The number of thiazole rings is 1. The summed E-state index contributed by atoms with van der Waals surface area (Å²) in [6.45, 7) is 3.29. The molecule has 1 unspecified atom stereocenters. The van der Waals surface area contributed by atoms with Gasteiger partial charge in [-0.1, -0.05) is 0 Å². The van der Waals surface area contributed by atoms with Crippen LogP contribution in [-0.2, 0) is 6.54 Å². The molecule has 0 amide bonds. The summed E-state index contributed by atoms with van der Waals surface area (Å²) < 4.78 is 0. The van der Waals surface area contributed by atoms with Crippen LogP contribution in [0.5, 0.6) is 0 Å². The van der Waals surface area contributed by atoms with Crippen LogP contribution in [-0.4, -0.2) is 42.1 Å². The predicted octanol–water partition coefficient (Wildman–Crippen LogP) is 2.98. The smallest absolute Gasteiger partial charge is 0.128 e. The lowest BCUT2D eigenvalue weighted by Gasteiger charge is -2.32. The summed E-state index contributed by atoms with van der Waals surface area (Å²) in [7, 11) is 4.09. The number of hydrogen-bond donors (Lipinski definition) is 0. The monoisotopic (exact) mass is 302 g/mol. The molecule has 3 rings (SSSR count). The molecule has 3 heterocycles. The van der Waals surface area contributed by atoms with Gasteiger partial charge in [0.15, 0.2) is 0 Å². The zero-order valence-corrected chi connectivity index (χ0v) is 13.5. The maximum absolute atomic E-state index is 4.42. The molecule has 0 N–H and O–H groups in total. The van der Waals surface area contributed by atoms with Crippen molar-refractivity contribution >= 4 is 17.2 Å². The van der Waals surface area contributed by atoms with Crippen molar-refractivity contribution in [3.63, 3.8) is 0 Å². The fraction of sp³-hybridized carbons (Fsp3) is 0.500. The van der Waals surface area contributed by atoms with Gasteiger partial charge in [-0.05, 0) is 43.0 Å². The lowest BCUT2D eigenvalue weighted by atomic mass is 9.91. The third kappa shape index (κ3) is 3.60. The summed E-state index contributed by atoms with van der Waals surface area (Å²) >= 11 is 1.75. The standard InChI is InChI=1S/C16H22N4S/c1-19(2)15-10-13(5-6-17-15)14-4-3-8-20(11-14)12-16-18-7-9-21-16/h5-7,9-10,14H,3-4,8,11-12H2,1-2H3. The molecule has 5 heteroatoms. The van der Waals surface area contributed by atoms with Gasteiger partial charge in [-0.25, -0.2) is 9.97 Å². The van der Waals surface area contributed by atoms with Crippen molar-refractivity contribution in [1.29, 1.82) is 0 Å². The summed E-state index contributed by atoms with van der Waals surface area (Å²) in [4.78, 5) is 13.4. The van der Waals surface area contributed by atoms with Gasteiger partial charge in [0.1, 0.15) is 10.8 Å². The Morgan fingerprint density at radius 3 is 3.00 bits per heavy atom. The second kappa shape index (κ2) is 6.54. The maximum Gasteiger partial charge on any atom is 0.128 e. The first-order chi connectivity index (χ1) is 10.2. The van der Waals surface area contributed by atoms with Gasteiger partial charge in [0.2, 0.25) is 0 Å². The van der Waals surface area contributed by atoms with E-state index in [1.54, 1.807) is 11.3 Å². The second-order valence-electron chi connectivity index (χ2n) is 5.84. The third-order valence-electron chi connectivity index (χ3n) is 4.05. The summed E-state index contributed by atoms with van der Waals surface area (Å²) in [5.74, 6) is 1.66. The minimum atomic E-state index is 0.611. The molecule has 0 bridgehead atoms. The number of aromatic nitrogens is 2. The molecule has 1 atom stereocenters. The highest BCUT2D eigenvalue weighted by atomic mass is 32.1. The quantitative estimate of drug-likeness (QED) is 0.869. The van der Waals surface area contributed by atoms with Gasteiger partial charge in [-0.2, -0.15) is 0 Å². The Kier molecular flexibility index (Phi) is 4.51. The van der Waals surface area contributed by atoms with Gasteiger partial charge < -0.3 is 4.90 Å². The van der Waals surface area contributed by atoms with E-state index in [4.69, 9.17) is 0 Å². The van der Waals surface area contributed by atoms with E-state index >= 15 is 0 Å². The molecule has 1 aliphatic heterocycles. The minimum absolute atomic E-state index is 0.611. The molecule has 2 aromatic heterocycles. The molecule has 112 valence electrons. The number of likely N-dealkylation sites (tertiary alicyclic amines) is 1. The van der Waals surface area contributed by atoms with Crippen LogP contribution in [0.25, 0.3) is 0 Å². The second-order valence-corrected chi connectivity index (χ2v) is 6.82. The van der Waals surface area contributed by atoms with Crippen molar-refractivity contribution in [2.75, 3.05) is 32.1 Å². The molecule has 4 nitrogen and oxygen atoms in total. The Balaban J connectivity index is 1.69. The van der Waals surface area contributed by atoms with Gasteiger partial charge in [0, 0.05) is 38.4 Å². The average molecular weight is 302 g/mol. The molecule has 21 heavy (non-hydrogen) atoms. The summed E-state index contributed by atoms with van der Waals surface area (Å²) in [5.41, 5.74) is 1.41. The minimum Gasteiger partial charge on any atom is -0.363 e. The van der Waals surface area contributed by atoms with Gasteiger partial charge >= 0.3 is 0 Å². The van der Waals surface area contributed by atoms with E-state index in [1.165, 1.54) is 30.0 Å². The first-order valence-electron chi connectivity index (χ1n) is 7.46. The molecular formula is C16H22N4S. The summed E-state index contributed by atoms with van der Waals surface area (Å²) in [5, 5.41) is 3.28. The van der Waals surface area contributed by atoms with Crippen molar-refractivity contribution in [2.45, 2.75) is 25.3 Å². The van der Waals surface area contributed by atoms with Gasteiger partial charge in [-0.15, -0.1) is 11.3 Å². The maximum atomic E-state index is 4.42. The zero-order valence-electron chi connectivity index (χ0n) is 12.7.